The second kappa shape index (κ2) is 4.01. The molecule has 0 aliphatic heterocycles. The van der Waals surface area contributed by atoms with E-state index in [2.05, 4.69) is 15.3 Å². The highest BCUT2D eigenvalue weighted by molar-refractivity contribution is 5.81. The van der Waals surface area contributed by atoms with E-state index in [9.17, 15) is 4.79 Å². The van der Waals surface area contributed by atoms with E-state index in [1.165, 1.54) is 0 Å². The zero-order valence-electron chi connectivity index (χ0n) is 7.29. The van der Waals surface area contributed by atoms with E-state index in [0.29, 0.717) is 6.42 Å². The van der Waals surface area contributed by atoms with Crippen molar-refractivity contribution in [3.63, 3.8) is 0 Å². The van der Waals surface area contributed by atoms with Gasteiger partial charge in [0.05, 0.1) is 6.04 Å². The van der Waals surface area contributed by atoms with E-state index in [0.717, 1.165) is 5.82 Å². The molecule has 2 N–H and O–H groups in total. The Morgan fingerprint density at radius 1 is 1.83 bits per heavy atom. The summed E-state index contributed by atoms with van der Waals surface area (Å²) in [5.74, 6) is 0.971. The number of nitrogens with one attached hydrogen (secondary N) is 2. The third kappa shape index (κ3) is 2.17. The smallest absolute Gasteiger partial charge is 0.147 e. The minimum absolute atomic E-state index is 0.129. The molecule has 0 aliphatic rings. The van der Waals surface area contributed by atoms with Gasteiger partial charge in [-0.15, -0.1) is 0 Å². The van der Waals surface area contributed by atoms with Crippen molar-refractivity contribution in [2.45, 2.75) is 19.4 Å². The molecule has 0 saturated heterocycles. The number of nitrogens with zero attached hydrogens (tertiary/aromatic N) is 1. The summed E-state index contributed by atoms with van der Waals surface area (Å²) >= 11 is 0. The van der Waals surface area contributed by atoms with Gasteiger partial charge in [0.1, 0.15) is 11.6 Å². The van der Waals surface area contributed by atoms with Gasteiger partial charge in [-0.2, -0.15) is 0 Å². The Morgan fingerprint density at radius 2 is 2.58 bits per heavy atom. The number of H-pyrrole nitrogens is 1. The predicted molar refractivity (Wildman–Crippen MR) is 45.8 cm³/mol. The summed E-state index contributed by atoms with van der Waals surface area (Å²) in [5, 5.41) is 2.93. The monoisotopic (exact) mass is 167 g/mol. The van der Waals surface area contributed by atoms with Crippen LogP contribution in [0.3, 0.4) is 0 Å². The van der Waals surface area contributed by atoms with E-state index in [1.54, 1.807) is 26.4 Å². The van der Waals surface area contributed by atoms with Crippen LogP contribution in [0.2, 0.25) is 0 Å². The number of aromatic nitrogens is 2. The number of hydrogen-bond donors (Lipinski definition) is 2. The fourth-order valence-electron chi connectivity index (χ4n) is 1.05. The van der Waals surface area contributed by atoms with Crippen LogP contribution in [-0.2, 0) is 11.2 Å². The van der Waals surface area contributed by atoms with Gasteiger partial charge in [-0.3, -0.25) is 4.79 Å². The van der Waals surface area contributed by atoms with Gasteiger partial charge in [0.15, 0.2) is 0 Å². The van der Waals surface area contributed by atoms with Gasteiger partial charge < -0.3 is 10.3 Å². The first kappa shape index (κ1) is 8.93. The molecule has 0 aromatic carbocycles. The average Bonchev–Trinajstić information content (AvgIpc) is 2.51. The van der Waals surface area contributed by atoms with Gasteiger partial charge in [-0.25, -0.2) is 4.98 Å². The Morgan fingerprint density at radius 3 is 3.00 bits per heavy atom. The molecule has 0 radical (unpaired) electrons. The molecule has 1 heterocycles. The highest BCUT2D eigenvalue weighted by Crippen LogP contribution is 1.96. The number of imidazole rings is 1. The van der Waals surface area contributed by atoms with Crippen molar-refractivity contribution in [2.24, 2.45) is 0 Å². The van der Waals surface area contributed by atoms with Crippen LogP contribution in [0.5, 0.6) is 0 Å². The molecule has 0 fully saturated rings. The van der Waals surface area contributed by atoms with Crippen LogP contribution in [-0.4, -0.2) is 28.8 Å². The summed E-state index contributed by atoms with van der Waals surface area (Å²) in [6.45, 7) is 1.57. The Kier molecular flexibility index (Phi) is 2.99. The zero-order chi connectivity index (χ0) is 8.97. The highest BCUT2D eigenvalue weighted by Gasteiger charge is 2.12. The van der Waals surface area contributed by atoms with Gasteiger partial charge in [-0.1, -0.05) is 0 Å². The molecule has 1 aromatic heterocycles. The van der Waals surface area contributed by atoms with Crippen LogP contribution >= 0.6 is 0 Å². The van der Waals surface area contributed by atoms with Crippen molar-refractivity contribution < 1.29 is 4.79 Å². The largest absolute Gasteiger partial charge is 0.349 e. The summed E-state index contributed by atoms with van der Waals surface area (Å²) in [6, 6.07) is -0.129. The van der Waals surface area contributed by atoms with Gasteiger partial charge in [0.2, 0.25) is 0 Å². The normalized spacial score (nSPS) is 12.8. The van der Waals surface area contributed by atoms with E-state index in [4.69, 9.17) is 0 Å². The first-order valence-electron chi connectivity index (χ1n) is 3.90. The minimum atomic E-state index is -0.129. The number of hydrogen-bond acceptors (Lipinski definition) is 3. The van der Waals surface area contributed by atoms with Crippen molar-refractivity contribution >= 4 is 5.78 Å². The second-order valence-corrected chi connectivity index (χ2v) is 2.69. The van der Waals surface area contributed by atoms with Crippen LogP contribution in [0, 0.1) is 0 Å². The fraction of sp³-hybridized carbons (Fsp3) is 0.500. The van der Waals surface area contributed by atoms with Crippen molar-refractivity contribution in [2.75, 3.05) is 7.05 Å². The lowest BCUT2D eigenvalue weighted by molar-refractivity contribution is -0.118. The fourth-order valence-corrected chi connectivity index (χ4v) is 1.05. The second-order valence-electron chi connectivity index (χ2n) is 2.69. The van der Waals surface area contributed by atoms with Gasteiger partial charge in [-0.05, 0) is 14.0 Å². The van der Waals surface area contributed by atoms with Crippen LogP contribution in [0.25, 0.3) is 0 Å². The number of carbonyl (C=O) groups is 1. The molecule has 0 aliphatic carbocycles. The third-order valence-electron chi connectivity index (χ3n) is 1.79. The molecule has 4 nitrogen and oxygen atoms in total. The maximum absolute atomic E-state index is 11.0. The summed E-state index contributed by atoms with van der Waals surface area (Å²) in [4.78, 5) is 18.0. The quantitative estimate of drug-likeness (QED) is 0.670. The summed E-state index contributed by atoms with van der Waals surface area (Å²) in [7, 11) is 1.77. The van der Waals surface area contributed by atoms with E-state index >= 15 is 0 Å². The predicted octanol–water partition coefficient (Wildman–Crippen LogP) is 0.129. The molecule has 0 bridgehead atoms. The number of ketones is 1. The number of aromatic amines is 1. The maximum Gasteiger partial charge on any atom is 0.147 e. The number of carbonyl (C=O) groups excluding carboxylic acids is 1. The highest BCUT2D eigenvalue weighted by atomic mass is 16.1. The Balaban J connectivity index is 2.54. The average molecular weight is 167 g/mol. The first-order chi connectivity index (χ1) is 5.74. The third-order valence-corrected chi connectivity index (χ3v) is 1.79. The van der Waals surface area contributed by atoms with Crippen LogP contribution in [0.1, 0.15) is 12.7 Å². The number of Topliss-reactive ketones (excluding diaryl/α,β-unsaturated/α-hetero) is 1. The summed E-state index contributed by atoms with van der Waals surface area (Å²) in [5.41, 5.74) is 0. The molecule has 1 unspecified atom stereocenters. The van der Waals surface area contributed by atoms with Gasteiger partial charge in [0, 0.05) is 18.8 Å². The van der Waals surface area contributed by atoms with Crippen molar-refractivity contribution in [1.29, 1.82) is 0 Å². The lowest BCUT2D eigenvalue weighted by atomic mass is 10.1. The standard InChI is InChI=1S/C8H13N3O/c1-6(12)7(9-2)5-8-10-3-4-11-8/h3-4,7,9H,5H2,1-2H3,(H,10,11). The molecule has 0 spiro atoms. The minimum Gasteiger partial charge on any atom is -0.349 e. The van der Waals surface area contributed by atoms with Crippen LogP contribution in [0.15, 0.2) is 12.4 Å². The topological polar surface area (TPSA) is 57.8 Å². The van der Waals surface area contributed by atoms with E-state index in [1.807, 2.05) is 0 Å². The SMILES string of the molecule is CNC(Cc1ncc[nH]1)C(C)=O. The molecule has 4 heteroatoms. The van der Waals surface area contributed by atoms with E-state index in [-0.39, 0.29) is 11.8 Å². The molecule has 0 amide bonds. The first-order valence-corrected chi connectivity index (χ1v) is 3.90. The van der Waals surface area contributed by atoms with Crippen molar-refractivity contribution in [3.8, 4) is 0 Å². The summed E-state index contributed by atoms with van der Waals surface area (Å²) < 4.78 is 0. The molecular weight excluding hydrogens is 154 g/mol. The zero-order valence-corrected chi connectivity index (χ0v) is 7.29. The van der Waals surface area contributed by atoms with Crippen LogP contribution in [0.4, 0.5) is 0 Å². The van der Waals surface area contributed by atoms with Crippen LogP contribution < -0.4 is 5.32 Å². The van der Waals surface area contributed by atoms with Crippen molar-refractivity contribution in [3.05, 3.63) is 18.2 Å². The summed E-state index contributed by atoms with van der Waals surface area (Å²) in [6.07, 6.45) is 4.06. The Labute approximate surface area is 71.4 Å². The maximum atomic E-state index is 11.0. The van der Waals surface area contributed by atoms with E-state index < -0.39 is 0 Å². The van der Waals surface area contributed by atoms with Crippen molar-refractivity contribution in [1.82, 2.24) is 15.3 Å². The van der Waals surface area contributed by atoms with Gasteiger partial charge in [0.25, 0.3) is 0 Å². The molecular formula is C8H13N3O. The lowest BCUT2D eigenvalue weighted by Crippen LogP contribution is -2.34. The molecule has 12 heavy (non-hydrogen) atoms. The number of rotatable bonds is 4. The number of likely N-dealkylation sites (N-methyl/N-ethyl adjacent to an activating group) is 1. The Hall–Kier alpha value is -1.16. The molecule has 66 valence electrons. The Bertz CT molecular complexity index is 243. The molecule has 1 rings (SSSR count). The lowest BCUT2D eigenvalue weighted by Gasteiger charge is -2.09. The van der Waals surface area contributed by atoms with Gasteiger partial charge >= 0.3 is 0 Å². The molecule has 1 aromatic rings. The molecule has 1 atom stereocenters. The molecule has 0 saturated carbocycles.